The molecule has 4 nitrogen and oxygen atoms in total. The van der Waals surface area contributed by atoms with E-state index in [2.05, 4.69) is 4.99 Å². The summed E-state index contributed by atoms with van der Waals surface area (Å²) >= 11 is 1.16. The third-order valence-corrected chi connectivity index (χ3v) is 5.68. The molecule has 0 fully saturated rings. The molecule has 0 N–H and O–H groups in total. The Morgan fingerprint density at radius 3 is 2.76 bits per heavy atom. The van der Waals surface area contributed by atoms with E-state index in [4.69, 9.17) is 0 Å². The van der Waals surface area contributed by atoms with Crippen LogP contribution in [0.5, 0.6) is 0 Å². The molecule has 0 aliphatic carbocycles. The number of hydrogen-bond acceptors (Lipinski definition) is 4. The van der Waals surface area contributed by atoms with Gasteiger partial charge in [-0.25, -0.2) is 8.42 Å². The molecule has 17 heavy (non-hydrogen) atoms. The Hall–Kier alpha value is -0.850. The zero-order chi connectivity index (χ0) is 12.6. The summed E-state index contributed by atoms with van der Waals surface area (Å²) in [7, 11) is -1.82. The number of aliphatic imine (C=N–C) groups is 1. The molecule has 1 aromatic rings. The third kappa shape index (κ3) is 2.12. The average Bonchev–Trinajstić information content (AvgIpc) is 2.26. The number of fused-ring (bicyclic) bond motifs is 1. The second-order valence-electron chi connectivity index (χ2n) is 3.79. The molecule has 0 amide bonds. The monoisotopic (exact) mass is 270 g/mol. The summed E-state index contributed by atoms with van der Waals surface area (Å²) in [6.45, 7) is 4.52. The van der Waals surface area contributed by atoms with Crippen LogP contribution in [-0.4, -0.2) is 30.8 Å². The molecule has 92 valence electrons. The molecule has 0 atom stereocenters. The van der Waals surface area contributed by atoms with Gasteiger partial charge < -0.3 is 0 Å². The molecular formula is C11H14N2O2S2. The minimum absolute atomic E-state index is 0.344. The quantitative estimate of drug-likeness (QED) is 0.734. The van der Waals surface area contributed by atoms with Crippen LogP contribution in [0.3, 0.4) is 0 Å². The Labute approximate surface area is 106 Å². The van der Waals surface area contributed by atoms with Gasteiger partial charge in [0.05, 0.1) is 4.90 Å². The fourth-order valence-electron chi connectivity index (χ4n) is 1.65. The van der Waals surface area contributed by atoms with Crippen LogP contribution < -0.4 is 0 Å². The van der Waals surface area contributed by atoms with Crippen LogP contribution in [0, 0.1) is 6.92 Å². The van der Waals surface area contributed by atoms with Crippen molar-refractivity contribution in [1.29, 1.82) is 0 Å². The van der Waals surface area contributed by atoms with Crippen molar-refractivity contribution in [2.75, 3.05) is 13.6 Å². The van der Waals surface area contributed by atoms with E-state index in [1.807, 2.05) is 26.0 Å². The van der Waals surface area contributed by atoms with Gasteiger partial charge >= 0.3 is 0 Å². The summed E-state index contributed by atoms with van der Waals surface area (Å²) in [4.78, 5) is 4.70. The lowest BCUT2D eigenvalue weighted by Crippen LogP contribution is -2.29. The first kappa shape index (κ1) is 12.6. The minimum Gasteiger partial charge on any atom is -0.277 e. The molecule has 6 heteroatoms. The van der Waals surface area contributed by atoms with Gasteiger partial charge in [-0.2, -0.15) is 0 Å². The average molecular weight is 270 g/mol. The van der Waals surface area contributed by atoms with Gasteiger partial charge in [-0.1, -0.05) is 11.6 Å². The largest absolute Gasteiger partial charge is 0.277 e. The van der Waals surface area contributed by atoms with Crippen molar-refractivity contribution < 1.29 is 8.42 Å². The Bertz CT molecular complexity index is 579. The van der Waals surface area contributed by atoms with E-state index in [1.165, 1.54) is 3.71 Å². The van der Waals surface area contributed by atoms with E-state index in [1.54, 1.807) is 13.1 Å². The van der Waals surface area contributed by atoms with Gasteiger partial charge in [0, 0.05) is 19.2 Å². The summed E-state index contributed by atoms with van der Waals surface area (Å²) in [5.74, 6) is 0. The van der Waals surface area contributed by atoms with Gasteiger partial charge in [-0.05, 0) is 37.9 Å². The fraction of sp³-hybridized carbons (Fsp3) is 0.364. The van der Waals surface area contributed by atoms with Crippen molar-refractivity contribution in [2.45, 2.75) is 18.7 Å². The molecule has 1 aromatic carbocycles. The van der Waals surface area contributed by atoms with Crippen LogP contribution >= 0.6 is 11.9 Å². The minimum atomic E-state index is -3.37. The number of benzene rings is 1. The highest BCUT2D eigenvalue weighted by Crippen LogP contribution is 2.34. The predicted molar refractivity (Wildman–Crippen MR) is 70.8 cm³/mol. The lowest BCUT2D eigenvalue weighted by atomic mass is 10.1. The van der Waals surface area contributed by atoms with E-state index >= 15 is 0 Å². The van der Waals surface area contributed by atoms with E-state index < -0.39 is 10.0 Å². The zero-order valence-corrected chi connectivity index (χ0v) is 11.6. The van der Waals surface area contributed by atoms with Gasteiger partial charge in [0.25, 0.3) is 10.0 Å². The summed E-state index contributed by atoms with van der Waals surface area (Å²) < 4.78 is 25.5. The Morgan fingerprint density at radius 1 is 1.41 bits per heavy atom. The third-order valence-electron chi connectivity index (χ3n) is 2.50. The second-order valence-corrected chi connectivity index (χ2v) is 7.07. The maximum atomic E-state index is 12.1. The summed E-state index contributed by atoms with van der Waals surface area (Å²) in [5, 5.41) is 0.767. The second kappa shape index (κ2) is 4.44. The fourth-order valence-corrected chi connectivity index (χ4v) is 4.21. The first-order valence-electron chi connectivity index (χ1n) is 5.29. The lowest BCUT2D eigenvalue weighted by molar-refractivity contribution is 0.564. The highest BCUT2D eigenvalue weighted by Gasteiger charge is 2.33. The molecule has 0 saturated carbocycles. The van der Waals surface area contributed by atoms with Gasteiger partial charge in [0.1, 0.15) is 5.04 Å². The van der Waals surface area contributed by atoms with Crippen molar-refractivity contribution in [3.8, 4) is 0 Å². The highest BCUT2D eigenvalue weighted by atomic mass is 32.3. The van der Waals surface area contributed by atoms with E-state index in [-0.39, 0.29) is 0 Å². The molecule has 2 rings (SSSR count). The molecule has 0 spiro atoms. The van der Waals surface area contributed by atoms with Crippen LogP contribution in [0.1, 0.15) is 18.1 Å². The summed E-state index contributed by atoms with van der Waals surface area (Å²) in [6, 6.07) is 5.34. The number of hydrogen-bond donors (Lipinski definition) is 0. The standard InChI is InChI=1S/C11H14N2O2S2/c1-4-12-11-9-7-8(2)5-6-10(9)17(14,15)13(3)16-11/h5-7H,4H2,1-3H3. The van der Waals surface area contributed by atoms with Crippen molar-refractivity contribution >= 4 is 27.0 Å². The molecule has 1 aliphatic rings. The first-order valence-corrected chi connectivity index (χ1v) is 7.50. The van der Waals surface area contributed by atoms with Crippen LogP contribution in [0.25, 0.3) is 0 Å². The molecule has 1 heterocycles. The van der Waals surface area contributed by atoms with E-state index in [0.29, 0.717) is 11.4 Å². The van der Waals surface area contributed by atoms with Crippen LogP contribution in [-0.2, 0) is 10.0 Å². The van der Waals surface area contributed by atoms with E-state index in [9.17, 15) is 8.42 Å². The van der Waals surface area contributed by atoms with Crippen molar-refractivity contribution in [3.63, 3.8) is 0 Å². The lowest BCUT2D eigenvalue weighted by Gasteiger charge is -2.25. The van der Waals surface area contributed by atoms with E-state index in [0.717, 1.165) is 28.1 Å². The van der Waals surface area contributed by atoms with Crippen LogP contribution in [0.2, 0.25) is 0 Å². The highest BCUT2D eigenvalue weighted by molar-refractivity contribution is 8.19. The zero-order valence-electron chi connectivity index (χ0n) is 9.97. The van der Waals surface area contributed by atoms with Gasteiger partial charge in [-0.3, -0.25) is 4.99 Å². The number of aryl methyl sites for hydroxylation is 1. The Morgan fingerprint density at radius 2 is 2.12 bits per heavy atom. The number of rotatable bonds is 1. The first-order chi connectivity index (χ1) is 7.96. The summed E-state index contributed by atoms with van der Waals surface area (Å²) in [6.07, 6.45) is 0. The van der Waals surface area contributed by atoms with Crippen molar-refractivity contribution in [1.82, 2.24) is 3.71 Å². The number of sulfonamides is 1. The molecule has 0 radical (unpaired) electrons. The molecule has 1 aliphatic heterocycles. The number of nitrogens with zero attached hydrogens (tertiary/aromatic N) is 2. The summed E-state index contributed by atoms with van der Waals surface area (Å²) in [5.41, 5.74) is 1.75. The van der Waals surface area contributed by atoms with Crippen molar-refractivity contribution in [2.24, 2.45) is 4.99 Å². The Kier molecular flexibility index (Phi) is 3.29. The maximum absolute atomic E-state index is 12.1. The molecule has 0 aromatic heterocycles. The molecule has 0 saturated heterocycles. The molecule has 0 unspecified atom stereocenters. The molecular weight excluding hydrogens is 256 g/mol. The van der Waals surface area contributed by atoms with Gasteiger partial charge in [-0.15, -0.1) is 3.71 Å². The predicted octanol–water partition coefficient (Wildman–Crippen LogP) is 2.04. The van der Waals surface area contributed by atoms with Gasteiger partial charge in [0.2, 0.25) is 0 Å². The van der Waals surface area contributed by atoms with Crippen LogP contribution in [0.15, 0.2) is 28.1 Å². The van der Waals surface area contributed by atoms with Crippen molar-refractivity contribution in [3.05, 3.63) is 29.3 Å². The van der Waals surface area contributed by atoms with Crippen LogP contribution in [0.4, 0.5) is 0 Å². The SMILES string of the molecule is CCN=C1SN(C)S(=O)(=O)c2ccc(C)cc21. The molecule has 0 bridgehead atoms. The Balaban J connectivity index is 2.72. The normalized spacial score (nSPS) is 21.5. The van der Waals surface area contributed by atoms with Gasteiger partial charge in [0.15, 0.2) is 0 Å². The maximum Gasteiger partial charge on any atom is 0.253 e. The topological polar surface area (TPSA) is 49.7 Å². The smallest absolute Gasteiger partial charge is 0.253 e.